The number of amides is 1. The van der Waals surface area contributed by atoms with Gasteiger partial charge in [0.25, 0.3) is 0 Å². The zero-order valence-corrected chi connectivity index (χ0v) is 10.6. The number of pyridine rings is 1. The lowest BCUT2D eigenvalue weighted by Gasteiger charge is -2.10. The molecule has 1 aromatic heterocycles. The summed E-state index contributed by atoms with van der Waals surface area (Å²) in [5.41, 5.74) is 0.823. The summed E-state index contributed by atoms with van der Waals surface area (Å²) in [6, 6.07) is 3.45. The van der Waals surface area contributed by atoms with E-state index in [9.17, 15) is 4.79 Å². The van der Waals surface area contributed by atoms with E-state index in [0.29, 0.717) is 11.8 Å². The Balaban J connectivity index is 2.47. The quantitative estimate of drug-likeness (QED) is 0.645. The number of hydrogen-bond acceptors (Lipinski definition) is 3. The standard InChI is InChI=1S/C12H15ClN2O2/c1-9(8-17-2)15-12(16)6-4-10-3-5-11(13)14-7-10/h3-7,9H,8H2,1-2H3,(H,15,16). The number of aromatic nitrogens is 1. The van der Waals surface area contributed by atoms with Crippen LogP contribution < -0.4 is 5.32 Å². The van der Waals surface area contributed by atoms with Crippen molar-refractivity contribution in [2.45, 2.75) is 13.0 Å². The molecule has 0 fully saturated rings. The molecule has 0 radical (unpaired) electrons. The van der Waals surface area contributed by atoms with Crippen LogP contribution in [0.5, 0.6) is 0 Å². The number of carbonyl (C=O) groups excluding carboxylic acids is 1. The van der Waals surface area contributed by atoms with Crippen LogP contribution in [-0.4, -0.2) is 30.6 Å². The van der Waals surface area contributed by atoms with Crippen LogP contribution in [0.3, 0.4) is 0 Å². The van der Waals surface area contributed by atoms with E-state index >= 15 is 0 Å². The number of nitrogens with zero attached hydrogens (tertiary/aromatic N) is 1. The number of carbonyl (C=O) groups is 1. The predicted octanol–water partition coefficient (Wildman–Crippen LogP) is 1.90. The Morgan fingerprint density at radius 1 is 1.65 bits per heavy atom. The Kier molecular flexibility index (Phi) is 5.66. The number of nitrogens with one attached hydrogen (secondary N) is 1. The zero-order valence-electron chi connectivity index (χ0n) is 9.81. The van der Waals surface area contributed by atoms with Crippen LogP contribution >= 0.6 is 11.6 Å². The normalized spacial score (nSPS) is 12.6. The number of halogens is 1. The molecule has 1 N–H and O–H groups in total. The molecule has 0 aliphatic rings. The fourth-order valence-electron chi connectivity index (χ4n) is 1.24. The number of ether oxygens (including phenoxy) is 1. The first-order chi connectivity index (χ1) is 8.11. The highest BCUT2D eigenvalue weighted by atomic mass is 35.5. The van der Waals surface area contributed by atoms with E-state index in [2.05, 4.69) is 10.3 Å². The molecule has 1 amide bonds. The average Bonchev–Trinajstić information content (AvgIpc) is 2.28. The molecular formula is C12H15ClN2O2. The highest BCUT2D eigenvalue weighted by Crippen LogP contribution is 2.06. The molecule has 0 saturated carbocycles. The van der Waals surface area contributed by atoms with Crippen LogP contribution in [0.2, 0.25) is 5.15 Å². The van der Waals surface area contributed by atoms with Gasteiger partial charge in [0.05, 0.1) is 6.61 Å². The lowest BCUT2D eigenvalue weighted by molar-refractivity contribution is -0.117. The first kappa shape index (κ1) is 13.7. The molecule has 0 aromatic carbocycles. The van der Waals surface area contributed by atoms with Gasteiger partial charge in [0, 0.05) is 25.4 Å². The maximum absolute atomic E-state index is 11.5. The Morgan fingerprint density at radius 2 is 2.41 bits per heavy atom. The fourth-order valence-corrected chi connectivity index (χ4v) is 1.35. The third kappa shape index (κ3) is 5.47. The highest BCUT2D eigenvalue weighted by molar-refractivity contribution is 6.29. The van der Waals surface area contributed by atoms with E-state index in [1.807, 2.05) is 6.92 Å². The van der Waals surface area contributed by atoms with Crippen LogP contribution in [-0.2, 0) is 9.53 Å². The second-order valence-corrected chi connectivity index (χ2v) is 4.00. The summed E-state index contributed by atoms with van der Waals surface area (Å²) in [5, 5.41) is 3.20. The van der Waals surface area contributed by atoms with Gasteiger partial charge < -0.3 is 10.1 Å². The van der Waals surface area contributed by atoms with Gasteiger partial charge in [-0.3, -0.25) is 4.79 Å². The smallest absolute Gasteiger partial charge is 0.244 e. The van der Waals surface area contributed by atoms with E-state index in [1.54, 1.807) is 31.5 Å². The molecular weight excluding hydrogens is 240 g/mol. The van der Waals surface area contributed by atoms with E-state index in [-0.39, 0.29) is 11.9 Å². The molecule has 0 aliphatic carbocycles. The minimum atomic E-state index is -0.162. The predicted molar refractivity (Wildman–Crippen MR) is 67.8 cm³/mol. The summed E-state index contributed by atoms with van der Waals surface area (Å²) in [6.07, 6.45) is 4.74. The number of rotatable bonds is 5. The van der Waals surface area contributed by atoms with Crippen LogP contribution in [0.25, 0.3) is 6.08 Å². The SMILES string of the molecule is COCC(C)NC(=O)C=Cc1ccc(Cl)nc1. The van der Waals surface area contributed by atoms with Gasteiger partial charge in [0.1, 0.15) is 5.15 Å². The Bertz CT molecular complexity index is 390. The van der Waals surface area contributed by atoms with Gasteiger partial charge in [-0.25, -0.2) is 4.98 Å². The van der Waals surface area contributed by atoms with Crippen molar-refractivity contribution in [1.82, 2.24) is 10.3 Å². The second kappa shape index (κ2) is 7.04. The molecule has 4 nitrogen and oxygen atoms in total. The third-order valence-electron chi connectivity index (χ3n) is 1.98. The number of methoxy groups -OCH3 is 1. The van der Waals surface area contributed by atoms with E-state index < -0.39 is 0 Å². The average molecular weight is 255 g/mol. The molecule has 0 bridgehead atoms. The summed E-state index contributed by atoms with van der Waals surface area (Å²) >= 11 is 5.65. The molecule has 17 heavy (non-hydrogen) atoms. The van der Waals surface area contributed by atoms with Crippen LogP contribution in [0.4, 0.5) is 0 Å². The molecule has 1 atom stereocenters. The summed E-state index contributed by atoms with van der Waals surface area (Å²) < 4.78 is 4.92. The van der Waals surface area contributed by atoms with Crippen molar-refractivity contribution in [3.63, 3.8) is 0 Å². The van der Waals surface area contributed by atoms with Crippen molar-refractivity contribution in [1.29, 1.82) is 0 Å². The molecule has 0 aliphatic heterocycles. The van der Waals surface area contributed by atoms with Gasteiger partial charge in [-0.15, -0.1) is 0 Å². The van der Waals surface area contributed by atoms with Crippen molar-refractivity contribution in [3.8, 4) is 0 Å². The van der Waals surface area contributed by atoms with Crippen molar-refractivity contribution in [2.75, 3.05) is 13.7 Å². The summed E-state index contributed by atoms with van der Waals surface area (Å²) in [7, 11) is 1.60. The maximum atomic E-state index is 11.5. The Hall–Kier alpha value is -1.39. The van der Waals surface area contributed by atoms with Gasteiger partial charge in [-0.2, -0.15) is 0 Å². The first-order valence-corrected chi connectivity index (χ1v) is 5.58. The highest BCUT2D eigenvalue weighted by Gasteiger charge is 2.03. The number of hydrogen-bond donors (Lipinski definition) is 1. The zero-order chi connectivity index (χ0) is 12.7. The third-order valence-corrected chi connectivity index (χ3v) is 2.21. The molecule has 0 spiro atoms. The van der Waals surface area contributed by atoms with Crippen LogP contribution in [0.1, 0.15) is 12.5 Å². The minimum Gasteiger partial charge on any atom is -0.383 e. The van der Waals surface area contributed by atoms with Gasteiger partial charge in [-0.1, -0.05) is 17.7 Å². The van der Waals surface area contributed by atoms with E-state index in [4.69, 9.17) is 16.3 Å². The Labute approximate surface area is 106 Å². The molecule has 1 aromatic rings. The summed E-state index contributed by atoms with van der Waals surface area (Å²) in [6.45, 7) is 2.36. The first-order valence-electron chi connectivity index (χ1n) is 5.21. The topological polar surface area (TPSA) is 51.2 Å². The monoisotopic (exact) mass is 254 g/mol. The summed E-state index contributed by atoms with van der Waals surface area (Å²) in [4.78, 5) is 15.4. The lowest BCUT2D eigenvalue weighted by Crippen LogP contribution is -2.34. The largest absolute Gasteiger partial charge is 0.383 e. The van der Waals surface area contributed by atoms with Crippen molar-refractivity contribution < 1.29 is 9.53 Å². The van der Waals surface area contributed by atoms with Gasteiger partial charge in [-0.05, 0) is 24.6 Å². The van der Waals surface area contributed by atoms with E-state index in [1.165, 1.54) is 6.08 Å². The minimum absolute atomic E-state index is 0.0134. The molecule has 1 rings (SSSR count). The van der Waals surface area contributed by atoms with Crippen molar-refractivity contribution in [2.24, 2.45) is 0 Å². The molecule has 0 saturated heterocycles. The maximum Gasteiger partial charge on any atom is 0.244 e. The van der Waals surface area contributed by atoms with Gasteiger partial charge >= 0.3 is 0 Å². The van der Waals surface area contributed by atoms with Crippen molar-refractivity contribution >= 4 is 23.6 Å². The molecule has 92 valence electrons. The molecule has 1 heterocycles. The molecule has 5 heteroatoms. The second-order valence-electron chi connectivity index (χ2n) is 3.61. The van der Waals surface area contributed by atoms with Crippen LogP contribution in [0.15, 0.2) is 24.4 Å². The van der Waals surface area contributed by atoms with Crippen molar-refractivity contribution in [3.05, 3.63) is 35.1 Å². The lowest BCUT2D eigenvalue weighted by atomic mass is 10.2. The van der Waals surface area contributed by atoms with Gasteiger partial charge in [0.15, 0.2) is 0 Å². The van der Waals surface area contributed by atoms with E-state index in [0.717, 1.165) is 5.56 Å². The van der Waals surface area contributed by atoms with Gasteiger partial charge in [0.2, 0.25) is 5.91 Å². The van der Waals surface area contributed by atoms with Crippen LogP contribution in [0, 0.1) is 0 Å². The Morgan fingerprint density at radius 3 is 3.00 bits per heavy atom. The summed E-state index contributed by atoms with van der Waals surface area (Å²) in [5.74, 6) is -0.162. The molecule has 1 unspecified atom stereocenters. The fraction of sp³-hybridized carbons (Fsp3) is 0.333.